The van der Waals surface area contributed by atoms with Gasteiger partial charge in [-0.05, 0) is 60.4 Å². The molecule has 0 aliphatic carbocycles. The van der Waals surface area contributed by atoms with Crippen LogP contribution in [0.25, 0.3) is 0 Å². The molecule has 0 aliphatic heterocycles. The lowest BCUT2D eigenvalue weighted by atomic mass is 10.1. The number of hydrogen-bond donors (Lipinski definition) is 1. The molecule has 6 heteroatoms. The summed E-state index contributed by atoms with van der Waals surface area (Å²) in [4.78, 5) is 22.9. The van der Waals surface area contributed by atoms with E-state index in [2.05, 4.69) is 20.2 Å². The summed E-state index contributed by atoms with van der Waals surface area (Å²) in [5, 5.41) is 2.94. The van der Waals surface area contributed by atoms with Crippen molar-refractivity contribution < 1.29 is 9.53 Å². The number of benzene rings is 1. The van der Waals surface area contributed by atoms with Crippen molar-refractivity contribution in [2.75, 3.05) is 32.1 Å². The Hall–Kier alpha value is -3.41. The molecule has 1 amide bonds. The minimum atomic E-state index is -0.114. The Morgan fingerprint density at radius 3 is 2.38 bits per heavy atom. The first-order valence-corrected chi connectivity index (χ1v) is 9.63. The van der Waals surface area contributed by atoms with Gasteiger partial charge in [0.25, 0.3) is 5.91 Å². The molecule has 0 atom stereocenters. The van der Waals surface area contributed by atoms with E-state index in [1.54, 1.807) is 25.7 Å². The molecule has 0 bridgehead atoms. The lowest BCUT2D eigenvalue weighted by Crippen LogP contribution is -2.26. The fourth-order valence-corrected chi connectivity index (χ4v) is 2.92. The van der Waals surface area contributed by atoms with Crippen molar-refractivity contribution >= 4 is 11.7 Å². The quantitative estimate of drug-likeness (QED) is 0.608. The summed E-state index contributed by atoms with van der Waals surface area (Å²) in [6, 6.07) is 15.6. The number of carbonyl (C=O) groups excluding carboxylic acids is 1. The van der Waals surface area contributed by atoms with E-state index in [-0.39, 0.29) is 5.91 Å². The summed E-state index contributed by atoms with van der Waals surface area (Å²) in [7, 11) is 3.64. The maximum atomic E-state index is 12.3. The third kappa shape index (κ3) is 6.04. The molecule has 0 aliphatic rings. The van der Waals surface area contributed by atoms with Crippen molar-refractivity contribution in [2.45, 2.75) is 12.8 Å². The summed E-state index contributed by atoms with van der Waals surface area (Å²) < 4.78 is 5.15. The van der Waals surface area contributed by atoms with E-state index in [0.717, 1.165) is 36.5 Å². The van der Waals surface area contributed by atoms with Gasteiger partial charge in [-0.15, -0.1) is 0 Å². The number of amides is 1. The van der Waals surface area contributed by atoms with E-state index in [1.165, 1.54) is 5.56 Å². The first-order chi connectivity index (χ1) is 14.2. The molecule has 0 spiro atoms. The Kier molecular flexibility index (Phi) is 7.16. The highest BCUT2D eigenvalue weighted by Gasteiger charge is 2.08. The highest BCUT2D eigenvalue weighted by molar-refractivity contribution is 5.94. The van der Waals surface area contributed by atoms with Crippen molar-refractivity contribution in [1.29, 1.82) is 0 Å². The van der Waals surface area contributed by atoms with Crippen molar-refractivity contribution in [3.63, 3.8) is 0 Å². The maximum absolute atomic E-state index is 12.3. The highest BCUT2D eigenvalue weighted by Crippen LogP contribution is 2.12. The van der Waals surface area contributed by atoms with Crippen LogP contribution in [0.3, 0.4) is 0 Å². The zero-order valence-corrected chi connectivity index (χ0v) is 16.8. The third-order valence-corrected chi connectivity index (χ3v) is 4.74. The largest absolute Gasteiger partial charge is 0.497 e. The summed E-state index contributed by atoms with van der Waals surface area (Å²) in [5.74, 6) is 1.56. The number of nitrogens with zero attached hydrogens (tertiary/aromatic N) is 3. The molecule has 1 N–H and O–H groups in total. The second kappa shape index (κ2) is 10.2. The van der Waals surface area contributed by atoms with Crippen LogP contribution in [0, 0.1) is 0 Å². The minimum absolute atomic E-state index is 0.114. The molecule has 3 rings (SSSR count). The first kappa shape index (κ1) is 20.3. The number of nitrogens with one attached hydrogen (secondary N) is 1. The van der Waals surface area contributed by atoms with Gasteiger partial charge in [-0.25, -0.2) is 4.98 Å². The number of aromatic nitrogens is 2. The normalized spacial score (nSPS) is 10.4. The zero-order chi connectivity index (χ0) is 20.5. The summed E-state index contributed by atoms with van der Waals surface area (Å²) in [5.41, 5.74) is 2.95. The fraction of sp³-hybridized carbons (Fsp3) is 0.261. The molecule has 0 saturated carbocycles. The molecule has 150 valence electrons. The number of rotatable bonds is 9. The second-order valence-electron chi connectivity index (χ2n) is 6.79. The Bertz CT molecular complexity index is 896. The Labute approximate surface area is 171 Å². The van der Waals surface area contributed by atoms with Crippen molar-refractivity contribution in [3.8, 4) is 5.75 Å². The maximum Gasteiger partial charge on any atom is 0.252 e. The second-order valence-corrected chi connectivity index (χ2v) is 6.79. The number of anilines is 1. The molecular weight excluding hydrogens is 364 g/mol. The van der Waals surface area contributed by atoms with Gasteiger partial charge in [-0.3, -0.25) is 9.78 Å². The summed E-state index contributed by atoms with van der Waals surface area (Å²) >= 11 is 0. The fourth-order valence-electron chi connectivity index (χ4n) is 2.92. The number of likely N-dealkylation sites (N-methyl/N-ethyl adjacent to an activating group) is 1. The van der Waals surface area contributed by atoms with Gasteiger partial charge in [0.05, 0.1) is 12.7 Å². The van der Waals surface area contributed by atoms with Crippen LogP contribution in [0.1, 0.15) is 21.5 Å². The van der Waals surface area contributed by atoms with Crippen molar-refractivity contribution in [1.82, 2.24) is 15.3 Å². The topological polar surface area (TPSA) is 67.3 Å². The molecule has 1 aromatic carbocycles. The van der Waals surface area contributed by atoms with Gasteiger partial charge in [0.1, 0.15) is 11.6 Å². The van der Waals surface area contributed by atoms with Crippen molar-refractivity contribution in [3.05, 3.63) is 83.8 Å². The van der Waals surface area contributed by atoms with E-state index >= 15 is 0 Å². The van der Waals surface area contributed by atoms with E-state index < -0.39 is 0 Å². The lowest BCUT2D eigenvalue weighted by Gasteiger charge is -2.18. The highest BCUT2D eigenvalue weighted by atomic mass is 16.5. The SMILES string of the molecule is COc1ccc(CCNC(=O)c2ccc(N(C)CCc3ccncc3)nc2)cc1. The summed E-state index contributed by atoms with van der Waals surface area (Å²) in [6.07, 6.45) is 6.90. The smallest absolute Gasteiger partial charge is 0.252 e. The number of methoxy groups -OCH3 is 1. The van der Waals surface area contributed by atoms with Crippen LogP contribution in [0.15, 0.2) is 67.1 Å². The van der Waals surface area contributed by atoms with E-state index in [9.17, 15) is 4.79 Å². The predicted octanol–water partition coefficient (Wildman–Crippen LogP) is 3.14. The molecule has 2 aromatic heterocycles. The van der Waals surface area contributed by atoms with Crippen LogP contribution in [0.5, 0.6) is 5.75 Å². The molecule has 0 radical (unpaired) electrons. The number of pyridine rings is 2. The van der Waals surface area contributed by atoms with Gasteiger partial charge in [-0.2, -0.15) is 0 Å². The lowest BCUT2D eigenvalue weighted by molar-refractivity contribution is 0.0954. The van der Waals surface area contributed by atoms with Crippen LogP contribution >= 0.6 is 0 Å². The van der Waals surface area contributed by atoms with Gasteiger partial charge in [0.15, 0.2) is 0 Å². The van der Waals surface area contributed by atoms with Gasteiger partial charge < -0.3 is 15.0 Å². The van der Waals surface area contributed by atoms with Crippen LogP contribution in [0.4, 0.5) is 5.82 Å². The summed E-state index contributed by atoms with van der Waals surface area (Å²) in [6.45, 7) is 1.41. The molecule has 29 heavy (non-hydrogen) atoms. The Balaban J connectivity index is 1.46. The Morgan fingerprint density at radius 1 is 1.00 bits per heavy atom. The van der Waals surface area contributed by atoms with Gasteiger partial charge in [0, 0.05) is 38.7 Å². The average molecular weight is 390 g/mol. The van der Waals surface area contributed by atoms with Crippen LogP contribution in [0.2, 0.25) is 0 Å². The van der Waals surface area contributed by atoms with Crippen LogP contribution < -0.4 is 15.0 Å². The van der Waals surface area contributed by atoms with Gasteiger partial charge in [-0.1, -0.05) is 12.1 Å². The monoisotopic (exact) mass is 390 g/mol. The Morgan fingerprint density at radius 2 is 1.72 bits per heavy atom. The molecule has 0 fully saturated rings. The molecule has 6 nitrogen and oxygen atoms in total. The van der Waals surface area contributed by atoms with Gasteiger partial charge >= 0.3 is 0 Å². The number of hydrogen-bond acceptors (Lipinski definition) is 5. The minimum Gasteiger partial charge on any atom is -0.497 e. The van der Waals surface area contributed by atoms with E-state index in [4.69, 9.17) is 4.74 Å². The third-order valence-electron chi connectivity index (χ3n) is 4.74. The standard InChI is InChI=1S/C23H26N4O2/c1-27(16-12-19-9-13-24-14-10-19)22-8-5-20(17-26-22)23(28)25-15-11-18-3-6-21(29-2)7-4-18/h3-10,13-14,17H,11-12,15-16H2,1-2H3,(H,25,28). The van der Waals surface area contributed by atoms with Crippen LogP contribution in [-0.4, -0.2) is 43.1 Å². The van der Waals surface area contributed by atoms with Gasteiger partial charge in [0.2, 0.25) is 0 Å². The number of carbonyl (C=O) groups is 1. The molecule has 3 aromatic rings. The van der Waals surface area contributed by atoms with E-state index in [0.29, 0.717) is 12.1 Å². The zero-order valence-electron chi connectivity index (χ0n) is 16.8. The number of ether oxygens (including phenoxy) is 1. The molecule has 0 unspecified atom stereocenters. The van der Waals surface area contributed by atoms with Crippen molar-refractivity contribution in [2.24, 2.45) is 0 Å². The molecular formula is C23H26N4O2. The molecule has 2 heterocycles. The predicted molar refractivity (Wildman–Crippen MR) is 114 cm³/mol. The average Bonchev–Trinajstić information content (AvgIpc) is 2.78. The molecule has 0 saturated heterocycles. The van der Waals surface area contributed by atoms with E-state index in [1.807, 2.05) is 55.6 Å². The van der Waals surface area contributed by atoms with Crippen LogP contribution in [-0.2, 0) is 12.8 Å². The first-order valence-electron chi connectivity index (χ1n) is 9.63.